The summed E-state index contributed by atoms with van der Waals surface area (Å²) in [5, 5.41) is 10.4. The zero-order valence-electron chi connectivity index (χ0n) is 12.1. The van der Waals surface area contributed by atoms with Gasteiger partial charge in [0.15, 0.2) is 0 Å². The molecule has 0 bridgehead atoms. The molecule has 0 fully saturated rings. The van der Waals surface area contributed by atoms with Gasteiger partial charge >= 0.3 is 5.97 Å². The van der Waals surface area contributed by atoms with Gasteiger partial charge in [0.05, 0.1) is 11.1 Å². The standard InChI is InChI=1S/C16H17BrN2O2/c1-9(2)19-7-6-13-11(8-19)14(16(20)21)10-4-3-5-12(17)15(10)18-13/h3-5,9H,6-8H2,1-2H3,(H,20,21). The molecule has 1 N–H and O–H groups in total. The third-order valence-corrected chi connectivity index (χ3v) is 4.73. The molecule has 1 aromatic heterocycles. The van der Waals surface area contributed by atoms with Crippen molar-refractivity contribution in [2.24, 2.45) is 0 Å². The van der Waals surface area contributed by atoms with Crippen LogP contribution in [0.5, 0.6) is 0 Å². The van der Waals surface area contributed by atoms with Crippen LogP contribution in [-0.2, 0) is 13.0 Å². The Balaban J connectivity index is 2.28. The molecule has 1 aliphatic heterocycles. The van der Waals surface area contributed by atoms with E-state index in [0.29, 0.717) is 23.5 Å². The zero-order valence-corrected chi connectivity index (χ0v) is 13.6. The average molecular weight is 349 g/mol. The van der Waals surface area contributed by atoms with Gasteiger partial charge in [-0.1, -0.05) is 12.1 Å². The van der Waals surface area contributed by atoms with Crippen LogP contribution in [0.3, 0.4) is 0 Å². The molecule has 5 heteroatoms. The van der Waals surface area contributed by atoms with E-state index in [1.165, 1.54) is 0 Å². The molecule has 0 spiro atoms. The predicted octanol–water partition coefficient (Wildman–Crippen LogP) is 3.46. The van der Waals surface area contributed by atoms with Gasteiger partial charge < -0.3 is 5.11 Å². The number of carboxylic acid groups (broad SMARTS) is 1. The fraction of sp³-hybridized carbons (Fsp3) is 0.375. The quantitative estimate of drug-likeness (QED) is 0.902. The summed E-state index contributed by atoms with van der Waals surface area (Å²) in [6.45, 7) is 5.85. The van der Waals surface area contributed by atoms with Gasteiger partial charge in [-0.3, -0.25) is 9.88 Å². The maximum absolute atomic E-state index is 11.8. The van der Waals surface area contributed by atoms with Gasteiger partial charge in [-0.2, -0.15) is 0 Å². The number of halogens is 1. The molecule has 0 saturated heterocycles. The Kier molecular flexibility index (Phi) is 3.71. The van der Waals surface area contributed by atoms with Crippen molar-refractivity contribution in [1.29, 1.82) is 0 Å². The van der Waals surface area contributed by atoms with Crippen molar-refractivity contribution in [2.75, 3.05) is 6.54 Å². The highest BCUT2D eigenvalue weighted by molar-refractivity contribution is 9.10. The number of pyridine rings is 1. The van der Waals surface area contributed by atoms with Gasteiger partial charge in [0.1, 0.15) is 0 Å². The maximum Gasteiger partial charge on any atom is 0.336 e. The number of aromatic carboxylic acids is 1. The predicted molar refractivity (Wildman–Crippen MR) is 85.7 cm³/mol. The number of nitrogens with zero attached hydrogens (tertiary/aromatic N) is 2. The number of para-hydroxylation sites is 1. The van der Waals surface area contributed by atoms with E-state index in [-0.39, 0.29) is 0 Å². The summed E-state index contributed by atoms with van der Waals surface area (Å²) < 4.78 is 0.844. The molecular weight excluding hydrogens is 332 g/mol. The summed E-state index contributed by atoms with van der Waals surface area (Å²) in [7, 11) is 0. The summed E-state index contributed by atoms with van der Waals surface area (Å²) in [4.78, 5) is 18.8. The number of carboxylic acids is 1. The topological polar surface area (TPSA) is 53.4 Å². The minimum absolute atomic E-state index is 0.401. The normalized spacial score (nSPS) is 15.4. The smallest absolute Gasteiger partial charge is 0.336 e. The molecule has 0 aliphatic carbocycles. The molecule has 1 aromatic carbocycles. The van der Waals surface area contributed by atoms with Gasteiger partial charge in [-0.15, -0.1) is 0 Å². The zero-order chi connectivity index (χ0) is 15.1. The van der Waals surface area contributed by atoms with Crippen LogP contribution in [0.4, 0.5) is 0 Å². The van der Waals surface area contributed by atoms with Crippen molar-refractivity contribution in [3.05, 3.63) is 39.5 Å². The Bertz CT molecular complexity index is 728. The minimum Gasteiger partial charge on any atom is -0.478 e. The second-order valence-electron chi connectivity index (χ2n) is 5.67. The Labute approximate surface area is 131 Å². The van der Waals surface area contributed by atoms with E-state index in [0.717, 1.165) is 34.2 Å². The van der Waals surface area contributed by atoms with Crippen LogP contribution in [-0.4, -0.2) is 33.5 Å². The molecule has 0 unspecified atom stereocenters. The van der Waals surface area contributed by atoms with Gasteiger partial charge in [0, 0.05) is 46.7 Å². The van der Waals surface area contributed by atoms with Crippen LogP contribution in [0.2, 0.25) is 0 Å². The first-order chi connectivity index (χ1) is 9.99. The summed E-state index contributed by atoms with van der Waals surface area (Å²) in [6, 6.07) is 6.00. The van der Waals surface area contributed by atoms with Crippen LogP contribution >= 0.6 is 15.9 Å². The number of rotatable bonds is 2. The molecule has 4 nitrogen and oxygen atoms in total. The highest BCUT2D eigenvalue weighted by Gasteiger charge is 2.26. The van der Waals surface area contributed by atoms with Crippen LogP contribution in [0.15, 0.2) is 22.7 Å². The van der Waals surface area contributed by atoms with E-state index in [1.54, 1.807) is 0 Å². The van der Waals surface area contributed by atoms with Crippen molar-refractivity contribution in [1.82, 2.24) is 9.88 Å². The first kappa shape index (κ1) is 14.5. The largest absolute Gasteiger partial charge is 0.478 e. The van der Waals surface area contributed by atoms with Gasteiger partial charge in [-0.05, 0) is 35.8 Å². The van der Waals surface area contributed by atoms with E-state index < -0.39 is 5.97 Å². The highest BCUT2D eigenvalue weighted by atomic mass is 79.9. The summed E-state index contributed by atoms with van der Waals surface area (Å²) in [5.41, 5.74) is 2.94. The van der Waals surface area contributed by atoms with Crippen LogP contribution in [0, 0.1) is 0 Å². The van der Waals surface area contributed by atoms with Crippen LogP contribution < -0.4 is 0 Å². The number of hydrogen-bond donors (Lipinski definition) is 1. The highest BCUT2D eigenvalue weighted by Crippen LogP contribution is 2.32. The Morgan fingerprint density at radius 2 is 2.19 bits per heavy atom. The third kappa shape index (κ3) is 2.45. The second-order valence-corrected chi connectivity index (χ2v) is 6.52. The number of carbonyl (C=O) groups is 1. The number of hydrogen-bond acceptors (Lipinski definition) is 3. The minimum atomic E-state index is -0.873. The first-order valence-corrected chi connectivity index (χ1v) is 7.85. The second kappa shape index (κ2) is 5.39. The molecule has 21 heavy (non-hydrogen) atoms. The van der Waals surface area contributed by atoms with Crippen LogP contribution in [0.25, 0.3) is 10.9 Å². The van der Waals surface area contributed by atoms with E-state index in [2.05, 4.69) is 34.7 Å². The van der Waals surface area contributed by atoms with Crippen molar-refractivity contribution >= 4 is 32.8 Å². The van der Waals surface area contributed by atoms with E-state index in [4.69, 9.17) is 4.98 Å². The SMILES string of the molecule is CC(C)N1CCc2nc3c(Br)cccc3c(C(=O)O)c2C1. The molecule has 0 atom stereocenters. The molecule has 0 amide bonds. The van der Waals surface area contributed by atoms with E-state index >= 15 is 0 Å². The molecule has 2 heterocycles. The Morgan fingerprint density at radius 1 is 1.43 bits per heavy atom. The number of fused-ring (bicyclic) bond motifs is 2. The van der Waals surface area contributed by atoms with Gasteiger partial charge in [0.2, 0.25) is 0 Å². The van der Waals surface area contributed by atoms with E-state index in [9.17, 15) is 9.90 Å². The van der Waals surface area contributed by atoms with Crippen molar-refractivity contribution < 1.29 is 9.90 Å². The molecule has 3 rings (SSSR count). The summed E-state index contributed by atoms with van der Waals surface area (Å²) in [6.07, 6.45) is 0.797. The molecule has 1 aliphatic rings. The average Bonchev–Trinajstić information content (AvgIpc) is 2.44. The van der Waals surface area contributed by atoms with Gasteiger partial charge in [-0.25, -0.2) is 4.79 Å². The lowest BCUT2D eigenvalue weighted by molar-refractivity contribution is 0.0694. The molecular formula is C16H17BrN2O2. The van der Waals surface area contributed by atoms with Crippen molar-refractivity contribution in [3.8, 4) is 0 Å². The van der Waals surface area contributed by atoms with E-state index in [1.807, 2.05) is 18.2 Å². The fourth-order valence-corrected chi connectivity index (χ4v) is 3.39. The summed E-state index contributed by atoms with van der Waals surface area (Å²) in [5.74, 6) is -0.873. The summed E-state index contributed by atoms with van der Waals surface area (Å²) >= 11 is 3.48. The van der Waals surface area contributed by atoms with Gasteiger partial charge in [0.25, 0.3) is 0 Å². The lowest BCUT2D eigenvalue weighted by Crippen LogP contribution is -2.37. The lowest BCUT2D eigenvalue weighted by Gasteiger charge is -2.32. The molecule has 110 valence electrons. The van der Waals surface area contributed by atoms with Crippen LogP contribution in [0.1, 0.15) is 35.5 Å². The third-order valence-electron chi connectivity index (χ3n) is 4.09. The Morgan fingerprint density at radius 3 is 2.86 bits per heavy atom. The first-order valence-electron chi connectivity index (χ1n) is 7.06. The number of aromatic nitrogens is 1. The maximum atomic E-state index is 11.8. The molecule has 0 saturated carbocycles. The Hall–Kier alpha value is -1.46. The fourth-order valence-electron chi connectivity index (χ4n) is 2.93. The van der Waals surface area contributed by atoms with Crippen molar-refractivity contribution in [2.45, 2.75) is 32.9 Å². The molecule has 2 aromatic rings. The molecule has 0 radical (unpaired) electrons. The monoisotopic (exact) mass is 348 g/mol. The lowest BCUT2D eigenvalue weighted by atomic mass is 9.95. The number of benzene rings is 1. The van der Waals surface area contributed by atoms with Crippen molar-refractivity contribution in [3.63, 3.8) is 0 Å².